The molecule has 0 heterocycles. The zero-order valence-corrected chi connectivity index (χ0v) is 15.3. The smallest absolute Gasteiger partial charge is 0.408 e. The van der Waals surface area contributed by atoms with Crippen LogP contribution in [0.1, 0.15) is 27.7 Å². The van der Waals surface area contributed by atoms with Crippen LogP contribution in [0.25, 0.3) is 0 Å². The van der Waals surface area contributed by atoms with Crippen molar-refractivity contribution in [3.05, 3.63) is 0 Å². The van der Waals surface area contributed by atoms with Crippen LogP contribution in [0, 0.1) is 0 Å². The lowest BCUT2D eigenvalue weighted by Crippen LogP contribution is -2.46. The predicted molar refractivity (Wildman–Crippen MR) is 86.9 cm³/mol. The Kier molecular flexibility index (Phi) is 10.1. The summed E-state index contributed by atoms with van der Waals surface area (Å²) in [7, 11) is 0. The topological polar surface area (TPSA) is 84.9 Å². The number of carbonyl (C=O) groups is 2. The van der Waals surface area contributed by atoms with Crippen molar-refractivity contribution in [1.29, 1.82) is 0 Å². The Morgan fingerprint density at radius 1 is 1.33 bits per heavy atom. The molecule has 0 aromatic carbocycles. The maximum Gasteiger partial charge on any atom is 0.408 e. The fraction of sp³-hybridized carbons (Fsp3) is 0.846. The Morgan fingerprint density at radius 3 is 2.43 bits per heavy atom. The summed E-state index contributed by atoms with van der Waals surface area (Å²) in [6.07, 6.45) is -1.17. The number of carbonyl (C=O) groups excluding carboxylic acids is 2. The highest BCUT2D eigenvalue weighted by molar-refractivity contribution is 9.09. The second kappa shape index (κ2) is 10.3. The summed E-state index contributed by atoms with van der Waals surface area (Å²) in [6, 6.07) is -0.799. The number of hydrogen-bond donors (Lipinski definition) is 2. The van der Waals surface area contributed by atoms with E-state index in [0.717, 1.165) is 0 Å². The van der Waals surface area contributed by atoms with E-state index < -0.39 is 29.8 Å². The number of nitrogens with one attached hydrogen (secondary N) is 1. The summed E-state index contributed by atoms with van der Waals surface area (Å²) in [5, 5.41) is 12.4. The van der Waals surface area contributed by atoms with E-state index in [-0.39, 0.29) is 6.61 Å². The number of aliphatic hydroxyl groups excluding tert-OH is 1. The van der Waals surface area contributed by atoms with Crippen LogP contribution in [-0.4, -0.2) is 58.4 Å². The van der Waals surface area contributed by atoms with Crippen LogP contribution in [0.15, 0.2) is 0 Å². The van der Waals surface area contributed by atoms with Gasteiger partial charge in [0.25, 0.3) is 0 Å². The van der Waals surface area contributed by atoms with Gasteiger partial charge >= 0.3 is 12.1 Å². The number of alkyl carbamates (subject to hydrolysis) is 1. The average molecular weight is 386 g/mol. The molecule has 124 valence electrons. The van der Waals surface area contributed by atoms with Crippen LogP contribution >= 0.6 is 27.7 Å². The molecule has 8 heteroatoms. The Labute approximate surface area is 138 Å². The molecule has 0 spiro atoms. The van der Waals surface area contributed by atoms with Crippen LogP contribution in [0.4, 0.5) is 4.79 Å². The van der Waals surface area contributed by atoms with Gasteiger partial charge in [0.1, 0.15) is 11.6 Å². The first kappa shape index (κ1) is 20.5. The van der Waals surface area contributed by atoms with Crippen LogP contribution in [0.3, 0.4) is 0 Å². The average Bonchev–Trinajstić information content (AvgIpc) is 2.35. The number of esters is 1. The van der Waals surface area contributed by atoms with E-state index in [1.807, 2.05) is 0 Å². The molecule has 0 unspecified atom stereocenters. The SMILES string of the molecule is CCOC(=O)[C@@H](CSC[C@@H](O)CBr)NC(=O)OC(C)(C)C. The first-order valence-electron chi connectivity index (χ1n) is 6.67. The van der Waals surface area contributed by atoms with Crippen molar-refractivity contribution in [2.45, 2.75) is 45.4 Å². The molecule has 2 N–H and O–H groups in total. The molecular weight excluding hydrogens is 362 g/mol. The minimum Gasteiger partial charge on any atom is -0.464 e. The third-order valence-electron chi connectivity index (χ3n) is 2.03. The van der Waals surface area contributed by atoms with E-state index in [2.05, 4.69) is 21.2 Å². The molecule has 0 aromatic rings. The Bertz CT molecular complexity index is 335. The summed E-state index contributed by atoms with van der Waals surface area (Å²) < 4.78 is 10.0. The fourth-order valence-electron chi connectivity index (χ4n) is 1.23. The lowest BCUT2D eigenvalue weighted by Gasteiger charge is -2.22. The van der Waals surface area contributed by atoms with Crippen molar-refractivity contribution in [2.24, 2.45) is 0 Å². The van der Waals surface area contributed by atoms with Gasteiger partial charge in [-0.2, -0.15) is 11.8 Å². The van der Waals surface area contributed by atoms with Gasteiger partial charge in [-0.3, -0.25) is 0 Å². The molecule has 2 atom stereocenters. The highest BCUT2D eigenvalue weighted by Crippen LogP contribution is 2.10. The van der Waals surface area contributed by atoms with E-state index in [1.165, 1.54) is 11.8 Å². The number of rotatable bonds is 8. The molecular formula is C13H24BrNO5S. The molecule has 0 bridgehead atoms. The summed E-state index contributed by atoms with van der Waals surface area (Å²) in [5.74, 6) is 0.253. The van der Waals surface area contributed by atoms with Crippen molar-refractivity contribution in [1.82, 2.24) is 5.32 Å². The van der Waals surface area contributed by atoms with Gasteiger partial charge in [-0.05, 0) is 27.7 Å². The molecule has 0 radical (unpaired) electrons. The minimum absolute atomic E-state index is 0.236. The number of thioether (sulfide) groups is 1. The van der Waals surface area contributed by atoms with Crippen LogP contribution in [0.2, 0.25) is 0 Å². The molecule has 6 nitrogen and oxygen atoms in total. The zero-order valence-electron chi connectivity index (χ0n) is 12.8. The van der Waals surface area contributed by atoms with E-state index in [9.17, 15) is 14.7 Å². The molecule has 0 aliphatic heterocycles. The molecule has 0 rings (SSSR count). The predicted octanol–water partition coefficient (Wildman–Crippen LogP) is 1.93. The molecule has 21 heavy (non-hydrogen) atoms. The molecule has 0 fully saturated rings. The van der Waals surface area contributed by atoms with Crippen molar-refractivity contribution in [3.63, 3.8) is 0 Å². The number of halogens is 1. The number of amides is 1. The summed E-state index contributed by atoms with van der Waals surface area (Å²) in [5.41, 5.74) is -0.636. The molecule has 0 aliphatic carbocycles. The molecule has 0 saturated heterocycles. The highest BCUT2D eigenvalue weighted by Gasteiger charge is 2.25. The second-order valence-corrected chi connectivity index (χ2v) is 7.02. The van der Waals surface area contributed by atoms with Crippen LogP contribution in [0.5, 0.6) is 0 Å². The highest BCUT2D eigenvalue weighted by atomic mass is 79.9. The van der Waals surface area contributed by atoms with E-state index >= 15 is 0 Å². The van der Waals surface area contributed by atoms with Crippen molar-refractivity contribution >= 4 is 39.8 Å². The lowest BCUT2D eigenvalue weighted by molar-refractivity contribution is -0.145. The van der Waals surface area contributed by atoms with E-state index in [0.29, 0.717) is 16.8 Å². The Morgan fingerprint density at radius 2 is 1.95 bits per heavy atom. The molecule has 0 aliphatic rings. The number of aliphatic hydroxyl groups is 1. The van der Waals surface area contributed by atoms with Gasteiger partial charge in [-0.1, -0.05) is 15.9 Å². The molecule has 0 saturated carbocycles. The molecule has 1 amide bonds. The number of ether oxygens (including phenoxy) is 2. The monoisotopic (exact) mass is 385 g/mol. The van der Waals surface area contributed by atoms with E-state index in [1.54, 1.807) is 27.7 Å². The number of alkyl halides is 1. The third kappa shape index (κ3) is 10.8. The van der Waals surface area contributed by atoms with Gasteiger partial charge < -0.3 is 19.9 Å². The first-order valence-corrected chi connectivity index (χ1v) is 8.95. The Balaban J connectivity index is 4.45. The third-order valence-corrected chi connectivity index (χ3v) is 3.97. The Hall–Kier alpha value is -0.470. The zero-order chi connectivity index (χ0) is 16.5. The largest absolute Gasteiger partial charge is 0.464 e. The van der Waals surface area contributed by atoms with Gasteiger partial charge in [0.15, 0.2) is 0 Å². The van der Waals surface area contributed by atoms with Gasteiger partial charge in [0.05, 0.1) is 12.7 Å². The fourth-order valence-corrected chi connectivity index (χ4v) is 2.74. The normalized spacial score (nSPS) is 14.2. The van der Waals surface area contributed by atoms with Crippen LogP contribution in [-0.2, 0) is 14.3 Å². The van der Waals surface area contributed by atoms with Gasteiger partial charge in [-0.25, -0.2) is 9.59 Å². The number of hydrogen-bond acceptors (Lipinski definition) is 6. The van der Waals surface area contributed by atoms with Gasteiger partial charge in [0.2, 0.25) is 0 Å². The lowest BCUT2D eigenvalue weighted by atomic mass is 10.2. The van der Waals surface area contributed by atoms with Crippen molar-refractivity contribution in [2.75, 3.05) is 23.4 Å². The minimum atomic E-state index is -0.799. The first-order chi connectivity index (χ1) is 9.69. The summed E-state index contributed by atoms with van der Waals surface area (Å²) >= 11 is 4.52. The van der Waals surface area contributed by atoms with Gasteiger partial charge in [0, 0.05) is 16.8 Å². The van der Waals surface area contributed by atoms with E-state index in [4.69, 9.17) is 9.47 Å². The molecule has 0 aromatic heterocycles. The maximum atomic E-state index is 11.8. The standard InChI is InChI=1S/C13H24BrNO5S/c1-5-19-11(17)10(8-21-7-9(16)6-14)15-12(18)20-13(2,3)4/h9-10,16H,5-8H2,1-4H3,(H,15,18)/t9-,10+/m0/s1. The summed E-state index contributed by atoms with van der Waals surface area (Å²) in [6.45, 7) is 7.16. The van der Waals surface area contributed by atoms with Gasteiger partial charge in [-0.15, -0.1) is 0 Å². The van der Waals surface area contributed by atoms with Crippen molar-refractivity contribution < 1.29 is 24.2 Å². The quantitative estimate of drug-likeness (QED) is 0.490. The maximum absolute atomic E-state index is 11.8. The summed E-state index contributed by atoms with van der Waals surface area (Å²) in [4.78, 5) is 23.5. The van der Waals surface area contributed by atoms with Crippen molar-refractivity contribution in [3.8, 4) is 0 Å². The second-order valence-electron chi connectivity index (χ2n) is 5.30. The van der Waals surface area contributed by atoms with Crippen LogP contribution < -0.4 is 5.32 Å².